The first-order valence-corrected chi connectivity index (χ1v) is 6.18. The van der Waals surface area contributed by atoms with Gasteiger partial charge >= 0.3 is 0 Å². The molecule has 0 unspecified atom stereocenters. The van der Waals surface area contributed by atoms with Crippen LogP contribution < -0.4 is 0 Å². The molecule has 0 bridgehead atoms. The molecule has 0 radical (unpaired) electrons. The number of phenols is 2. The number of hydrogen-bond donors (Lipinski definition) is 2. The Morgan fingerprint density at radius 2 is 1.82 bits per heavy atom. The molecule has 17 heavy (non-hydrogen) atoms. The van der Waals surface area contributed by atoms with Crippen molar-refractivity contribution in [1.29, 1.82) is 0 Å². The zero-order valence-corrected chi connectivity index (χ0v) is 10.5. The van der Waals surface area contributed by atoms with Gasteiger partial charge in [0.15, 0.2) is 5.78 Å². The molecule has 0 aliphatic rings. The van der Waals surface area contributed by atoms with E-state index in [1.807, 2.05) is 6.92 Å². The highest BCUT2D eigenvalue weighted by atomic mass is 16.3. The van der Waals surface area contributed by atoms with Crippen LogP contribution in [-0.2, 0) is 6.42 Å². The van der Waals surface area contributed by atoms with Crippen molar-refractivity contribution in [1.82, 2.24) is 0 Å². The molecule has 0 aromatic heterocycles. The van der Waals surface area contributed by atoms with E-state index < -0.39 is 0 Å². The van der Waals surface area contributed by atoms with E-state index >= 15 is 0 Å². The van der Waals surface area contributed by atoms with E-state index in [0.717, 1.165) is 19.3 Å². The number of aromatic hydroxyl groups is 2. The normalized spacial score (nSPS) is 10.5. The molecule has 1 aromatic carbocycles. The van der Waals surface area contributed by atoms with Gasteiger partial charge in [0.1, 0.15) is 11.5 Å². The summed E-state index contributed by atoms with van der Waals surface area (Å²) >= 11 is 0. The summed E-state index contributed by atoms with van der Waals surface area (Å²) in [6, 6.07) is 2.85. The lowest BCUT2D eigenvalue weighted by atomic mass is 10.00. The largest absolute Gasteiger partial charge is 0.508 e. The van der Waals surface area contributed by atoms with E-state index in [1.165, 1.54) is 6.07 Å². The van der Waals surface area contributed by atoms with Crippen LogP contribution in [0.15, 0.2) is 12.1 Å². The van der Waals surface area contributed by atoms with Gasteiger partial charge in [0.25, 0.3) is 0 Å². The summed E-state index contributed by atoms with van der Waals surface area (Å²) in [5, 5.41) is 19.2. The molecule has 0 spiro atoms. The molecule has 0 saturated carbocycles. The third kappa shape index (κ3) is 3.48. The van der Waals surface area contributed by atoms with E-state index in [9.17, 15) is 15.0 Å². The first-order valence-electron chi connectivity index (χ1n) is 6.18. The lowest BCUT2D eigenvalue weighted by Gasteiger charge is -2.08. The van der Waals surface area contributed by atoms with Gasteiger partial charge in [0.2, 0.25) is 0 Å². The molecule has 0 saturated heterocycles. The van der Waals surface area contributed by atoms with Crippen LogP contribution in [-0.4, -0.2) is 16.0 Å². The molecular weight excluding hydrogens is 216 g/mol. The Kier molecular flexibility index (Phi) is 5.01. The monoisotopic (exact) mass is 236 g/mol. The van der Waals surface area contributed by atoms with Crippen LogP contribution in [0.1, 0.15) is 55.5 Å². The number of unbranched alkanes of at least 4 members (excludes halogenated alkanes) is 2. The molecule has 0 aliphatic heterocycles. The predicted molar refractivity (Wildman–Crippen MR) is 67.6 cm³/mol. The number of ketones is 1. The second-order valence-corrected chi connectivity index (χ2v) is 4.23. The van der Waals surface area contributed by atoms with Crippen LogP contribution in [0, 0.1) is 0 Å². The first kappa shape index (κ1) is 13.6. The molecule has 3 nitrogen and oxygen atoms in total. The molecule has 0 amide bonds. The molecule has 0 heterocycles. The van der Waals surface area contributed by atoms with Crippen molar-refractivity contribution in [3.63, 3.8) is 0 Å². The van der Waals surface area contributed by atoms with Crippen LogP contribution in [0.4, 0.5) is 0 Å². The van der Waals surface area contributed by atoms with E-state index in [0.29, 0.717) is 24.0 Å². The summed E-state index contributed by atoms with van der Waals surface area (Å²) in [5.41, 5.74) is 1.03. The van der Waals surface area contributed by atoms with Crippen molar-refractivity contribution in [3.05, 3.63) is 23.3 Å². The fraction of sp³-hybridized carbons (Fsp3) is 0.500. The summed E-state index contributed by atoms with van der Waals surface area (Å²) in [5.74, 6) is -0.123. The van der Waals surface area contributed by atoms with Crippen LogP contribution in [0.25, 0.3) is 0 Å². The summed E-state index contributed by atoms with van der Waals surface area (Å²) in [4.78, 5) is 11.9. The number of hydrogen-bond acceptors (Lipinski definition) is 3. The predicted octanol–water partition coefficient (Wildman–Crippen LogP) is 3.42. The highest BCUT2D eigenvalue weighted by Crippen LogP contribution is 2.29. The third-order valence-corrected chi connectivity index (χ3v) is 2.89. The summed E-state index contributed by atoms with van der Waals surface area (Å²) in [6.45, 7) is 3.98. The van der Waals surface area contributed by atoms with E-state index in [-0.39, 0.29) is 17.3 Å². The van der Waals surface area contributed by atoms with Crippen LogP contribution in [0.3, 0.4) is 0 Å². The van der Waals surface area contributed by atoms with Gasteiger partial charge in [-0.3, -0.25) is 4.79 Å². The Morgan fingerprint density at radius 1 is 1.12 bits per heavy atom. The van der Waals surface area contributed by atoms with Gasteiger partial charge < -0.3 is 10.2 Å². The van der Waals surface area contributed by atoms with Gasteiger partial charge in [-0.05, 0) is 24.5 Å². The topological polar surface area (TPSA) is 57.5 Å². The van der Waals surface area contributed by atoms with Crippen molar-refractivity contribution in [2.75, 3.05) is 0 Å². The zero-order valence-electron chi connectivity index (χ0n) is 10.5. The minimum absolute atomic E-state index is 0.0503. The number of rotatable bonds is 6. The second kappa shape index (κ2) is 6.28. The quantitative estimate of drug-likeness (QED) is 0.587. The Balaban J connectivity index is 2.85. The molecule has 2 N–H and O–H groups in total. The maximum absolute atomic E-state index is 11.9. The maximum atomic E-state index is 11.9. The molecule has 0 atom stereocenters. The van der Waals surface area contributed by atoms with Crippen molar-refractivity contribution in [3.8, 4) is 11.5 Å². The van der Waals surface area contributed by atoms with Crippen molar-refractivity contribution >= 4 is 5.78 Å². The summed E-state index contributed by atoms with van der Waals surface area (Å²) < 4.78 is 0. The van der Waals surface area contributed by atoms with Gasteiger partial charge in [-0.2, -0.15) is 0 Å². The molecule has 1 aromatic rings. The zero-order chi connectivity index (χ0) is 12.8. The second-order valence-electron chi connectivity index (χ2n) is 4.23. The van der Waals surface area contributed by atoms with Crippen molar-refractivity contribution in [2.45, 2.75) is 46.0 Å². The Bertz CT molecular complexity index is 397. The molecule has 0 fully saturated rings. The Labute approximate surface area is 102 Å². The Morgan fingerprint density at radius 3 is 2.41 bits per heavy atom. The highest BCUT2D eigenvalue weighted by Gasteiger charge is 2.14. The number of carbonyl (C=O) groups is 1. The fourth-order valence-electron chi connectivity index (χ4n) is 1.80. The minimum atomic E-state index is -0.124. The van der Waals surface area contributed by atoms with Gasteiger partial charge in [-0.15, -0.1) is 0 Å². The van der Waals surface area contributed by atoms with Crippen LogP contribution in [0.2, 0.25) is 0 Å². The number of Topliss-reactive ketones (excluding diaryl/α,β-unsaturated/α-hetero) is 1. The smallest absolute Gasteiger partial charge is 0.166 e. The van der Waals surface area contributed by atoms with Gasteiger partial charge in [-0.25, -0.2) is 0 Å². The molecule has 1 rings (SSSR count). The van der Waals surface area contributed by atoms with Crippen LogP contribution in [0.5, 0.6) is 11.5 Å². The van der Waals surface area contributed by atoms with Crippen molar-refractivity contribution in [2.24, 2.45) is 0 Å². The summed E-state index contributed by atoms with van der Waals surface area (Å²) in [7, 11) is 0. The maximum Gasteiger partial charge on any atom is 0.166 e. The van der Waals surface area contributed by atoms with Crippen molar-refractivity contribution < 1.29 is 15.0 Å². The molecule has 94 valence electrons. The van der Waals surface area contributed by atoms with Gasteiger partial charge in [0, 0.05) is 12.5 Å². The number of carbonyl (C=O) groups excluding carboxylic acids is 1. The number of phenolic OH excluding ortho intramolecular Hbond substituents is 2. The lowest BCUT2D eigenvalue weighted by molar-refractivity contribution is 0.0976. The number of benzene rings is 1. The average Bonchev–Trinajstić information content (AvgIpc) is 2.29. The molecular formula is C14H20O3. The van der Waals surface area contributed by atoms with E-state index in [4.69, 9.17) is 0 Å². The lowest BCUT2D eigenvalue weighted by Crippen LogP contribution is -2.01. The third-order valence-electron chi connectivity index (χ3n) is 2.89. The fourth-order valence-corrected chi connectivity index (χ4v) is 1.80. The summed E-state index contributed by atoms with van der Waals surface area (Å²) in [6.07, 6.45) is 4.02. The average molecular weight is 236 g/mol. The SMILES string of the molecule is CCCCCC(=O)c1cc(CC)c(O)cc1O. The van der Waals surface area contributed by atoms with Crippen LogP contribution >= 0.6 is 0 Å². The van der Waals surface area contributed by atoms with Gasteiger partial charge in [0.05, 0.1) is 5.56 Å². The highest BCUT2D eigenvalue weighted by molar-refractivity contribution is 5.99. The number of aryl methyl sites for hydroxylation is 1. The molecule has 0 aliphatic carbocycles. The Hall–Kier alpha value is -1.51. The van der Waals surface area contributed by atoms with E-state index in [1.54, 1.807) is 6.07 Å². The standard InChI is InChI=1S/C14H20O3/c1-3-5-6-7-12(15)11-8-10(4-2)13(16)9-14(11)17/h8-9,16-17H,3-7H2,1-2H3. The minimum Gasteiger partial charge on any atom is -0.508 e. The molecule has 3 heteroatoms. The first-order chi connectivity index (χ1) is 8.10. The van der Waals surface area contributed by atoms with Gasteiger partial charge in [-0.1, -0.05) is 26.7 Å². The van der Waals surface area contributed by atoms with E-state index in [2.05, 4.69) is 6.92 Å².